The van der Waals surface area contributed by atoms with Gasteiger partial charge in [-0.1, -0.05) is 42.5 Å². The summed E-state index contributed by atoms with van der Waals surface area (Å²) in [4.78, 5) is 25.5. The molecule has 8 heteroatoms. The molecule has 0 aliphatic rings. The second kappa shape index (κ2) is 9.93. The van der Waals surface area contributed by atoms with Crippen LogP contribution in [0.5, 0.6) is 5.75 Å². The number of nitrogens with one attached hydrogen (secondary N) is 1. The van der Waals surface area contributed by atoms with Gasteiger partial charge < -0.3 is 14.6 Å². The number of benzene rings is 2. The van der Waals surface area contributed by atoms with Gasteiger partial charge in [0.2, 0.25) is 0 Å². The first kappa shape index (κ1) is 23.3. The molecule has 1 N–H and O–H groups in total. The van der Waals surface area contributed by atoms with Crippen LogP contribution in [0.2, 0.25) is 0 Å². The molecule has 0 spiro atoms. The molecule has 0 bridgehead atoms. The number of aryl methyl sites for hydroxylation is 1. The van der Waals surface area contributed by atoms with Crippen LogP contribution in [-0.4, -0.2) is 27.4 Å². The van der Waals surface area contributed by atoms with Gasteiger partial charge in [0.05, 0.1) is 29.6 Å². The van der Waals surface area contributed by atoms with Crippen molar-refractivity contribution in [1.82, 2.24) is 14.3 Å². The Morgan fingerprint density at radius 3 is 2.56 bits per heavy atom. The molecule has 174 valence electrons. The van der Waals surface area contributed by atoms with E-state index in [-0.39, 0.29) is 11.5 Å². The molecule has 0 aliphatic heterocycles. The van der Waals surface area contributed by atoms with E-state index in [4.69, 9.17) is 4.74 Å². The Morgan fingerprint density at radius 1 is 1.12 bits per heavy atom. The monoisotopic (exact) mass is 474 g/mol. The van der Waals surface area contributed by atoms with Crippen molar-refractivity contribution in [3.63, 3.8) is 0 Å². The van der Waals surface area contributed by atoms with Crippen molar-refractivity contribution in [2.75, 3.05) is 12.4 Å². The van der Waals surface area contributed by atoms with Crippen molar-refractivity contribution < 1.29 is 9.53 Å². The summed E-state index contributed by atoms with van der Waals surface area (Å²) in [5.74, 6) is 0.229. The molecule has 2 aromatic heterocycles. The molecule has 0 saturated heterocycles. The lowest BCUT2D eigenvalue weighted by molar-refractivity contribution is -0.110. The zero-order chi connectivity index (χ0) is 24.2. The van der Waals surface area contributed by atoms with E-state index in [1.165, 1.54) is 22.0 Å². The van der Waals surface area contributed by atoms with Gasteiger partial charge in [0.1, 0.15) is 10.4 Å². The molecule has 0 saturated carbocycles. The summed E-state index contributed by atoms with van der Waals surface area (Å²) in [5.41, 5.74) is 4.32. The lowest BCUT2D eigenvalue weighted by Gasteiger charge is -2.07. The predicted octanol–water partition coefficient (Wildman–Crippen LogP) is 2.57. The topological polar surface area (TPSA) is 78.2 Å². The van der Waals surface area contributed by atoms with Crippen LogP contribution in [0.15, 0.2) is 59.4 Å². The zero-order valence-corrected chi connectivity index (χ0v) is 20.3. The lowest BCUT2D eigenvalue weighted by Crippen LogP contribution is -2.29. The van der Waals surface area contributed by atoms with Gasteiger partial charge in [0.25, 0.3) is 11.5 Å². The molecule has 1 amide bonds. The third kappa shape index (κ3) is 4.87. The van der Waals surface area contributed by atoms with E-state index >= 15 is 0 Å². The molecule has 2 aromatic carbocycles. The van der Waals surface area contributed by atoms with Crippen LogP contribution in [0.25, 0.3) is 12.2 Å². The largest absolute Gasteiger partial charge is 0.495 e. The predicted molar refractivity (Wildman–Crippen MR) is 136 cm³/mol. The van der Waals surface area contributed by atoms with Crippen LogP contribution in [0.4, 0.5) is 5.69 Å². The fraction of sp³-hybridized carbons (Fsp3) is 0.192. The zero-order valence-electron chi connectivity index (χ0n) is 19.5. The van der Waals surface area contributed by atoms with Crippen molar-refractivity contribution in [2.24, 2.45) is 7.05 Å². The summed E-state index contributed by atoms with van der Waals surface area (Å²) in [6.07, 6.45) is 3.29. The summed E-state index contributed by atoms with van der Waals surface area (Å²) in [5, 5.41) is 7.48. The molecule has 0 atom stereocenters. The van der Waals surface area contributed by atoms with E-state index in [9.17, 15) is 9.59 Å². The molecule has 0 unspecified atom stereocenters. The van der Waals surface area contributed by atoms with Gasteiger partial charge in [-0.15, -0.1) is 11.3 Å². The maximum absolute atomic E-state index is 12.9. The van der Waals surface area contributed by atoms with Gasteiger partial charge in [-0.05, 0) is 37.6 Å². The lowest BCUT2D eigenvalue weighted by atomic mass is 10.2. The Morgan fingerprint density at radius 2 is 1.82 bits per heavy atom. The molecule has 0 radical (unpaired) electrons. The summed E-state index contributed by atoms with van der Waals surface area (Å²) in [7, 11) is 3.21. The van der Waals surface area contributed by atoms with Crippen LogP contribution >= 0.6 is 11.3 Å². The maximum Gasteiger partial charge on any atom is 0.268 e. The molecule has 7 nitrogen and oxygen atoms in total. The summed E-state index contributed by atoms with van der Waals surface area (Å²) < 4.78 is 9.80. The summed E-state index contributed by atoms with van der Waals surface area (Å²) >= 11 is 1.27. The average molecular weight is 475 g/mol. The Bertz CT molecular complexity index is 1510. The number of para-hydroxylation sites is 2. The number of thiazole rings is 1. The van der Waals surface area contributed by atoms with E-state index in [0.717, 1.165) is 22.5 Å². The Balaban J connectivity index is 1.66. The Labute approximate surface area is 201 Å². The molecular formula is C26H26N4O3S. The molecule has 0 aliphatic carbocycles. The minimum atomic E-state index is -0.337. The van der Waals surface area contributed by atoms with Crippen molar-refractivity contribution in [1.29, 1.82) is 0 Å². The molecule has 4 rings (SSSR count). The molecule has 0 fully saturated rings. The number of hydrogen-bond acceptors (Lipinski definition) is 5. The third-order valence-corrected chi connectivity index (χ3v) is 6.68. The van der Waals surface area contributed by atoms with Crippen LogP contribution in [-0.2, 0) is 18.4 Å². The first-order valence-corrected chi connectivity index (χ1v) is 11.6. The smallest absolute Gasteiger partial charge is 0.268 e. The van der Waals surface area contributed by atoms with Crippen molar-refractivity contribution >= 4 is 35.1 Å². The highest BCUT2D eigenvalue weighted by Gasteiger charge is 2.12. The summed E-state index contributed by atoms with van der Waals surface area (Å²) in [6.45, 7) is 4.60. The quantitative estimate of drug-likeness (QED) is 0.466. The first-order valence-electron chi connectivity index (χ1n) is 10.8. The number of ether oxygens (including phenoxy) is 1. The molecule has 2 heterocycles. The van der Waals surface area contributed by atoms with Gasteiger partial charge in [-0.2, -0.15) is 5.10 Å². The number of aromatic nitrogens is 3. The van der Waals surface area contributed by atoms with E-state index < -0.39 is 0 Å². The van der Waals surface area contributed by atoms with Gasteiger partial charge in [-0.3, -0.25) is 14.3 Å². The molecule has 4 aromatic rings. The van der Waals surface area contributed by atoms with Crippen LogP contribution in [0.3, 0.4) is 0 Å². The third-order valence-electron chi connectivity index (χ3n) is 5.57. The van der Waals surface area contributed by atoms with E-state index in [1.54, 1.807) is 26.3 Å². The number of amides is 1. The number of hydrogen-bond donors (Lipinski definition) is 1. The standard InChI is InChI=1S/C26H26N4O3S/c1-17-20(18(2)30(28-17)16-19-10-6-5-7-11-19)14-23-26(32)29(3)25(34-23)15-24(31)27-21-12-8-9-13-22(21)33-4/h5-15H,16H2,1-4H3,(H,27,31). The SMILES string of the molecule is COc1ccccc1NC(=O)C=c1sc(=Cc2c(C)nn(Cc3ccccc3)c2C)c(=O)n1C. The molecular weight excluding hydrogens is 448 g/mol. The number of methoxy groups -OCH3 is 1. The number of carbonyl (C=O) groups excluding carboxylic acids is 1. The van der Waals surface area contributed by atoms with E-state index in [2.05, 4.69) is 22.5 Å². The fourth-order valence-corrected chi connectivity index (χ4v) is 4.71. The van der Waals surface area contributed by atoms with Gasteiger partial charge >= 0.3 is 0 Å². The van der Waals surface area contributed by atoms with E-state index in [0.29, 0.717) is 27.2 Å². The van der Waals surface area contributed by atoms with Crippen LogP contribution in [0.1, 0.15) is 22.5 Å². The number of rotatable bonds is 6. The van der Waals surface area contributed by atoms with Crippen LogP contribution < -0.4 is 24.8 Å². The second-order valence-electron chi connectivity index (χ2n) is 7.87. The second-order valence-corrected chi connectivity index (χ2v) is 8.94. The normalized spacial score (nSPS) is 12.2. The molecule has 34 heavy (non-hydrogen) atoms. The highest BCUT2D eigenvalue weighted by Crippen LogP contribution is 2.22. The van der Waals surface area contributed by atoms with Gasteiger partial charge in [-0.25, -0.2) is 0 Å². The average Bonchev–Trinajstić information content (AvgIpc) is 3.24. The van der Waals surface area contributed by atoms with Gasteiger partial charge in [0.15, 0.2) is 0 Å². The van der Waals surface area contributed by atoms with Crippen LogP contribution in [0, 0.1) is 13.8 Å². The van der Waals surface area contributed by atoms with Crippen molar-refractivity contribution in [2.45, 2.75) is 20.4 Å². The minimum Gasteiger partial charge on any atom is -0.495 e. The number of nitrogens with zero attached hydrogens (tertiary/aromatic N) is 3. The first-order chi connectivity index (χ1) is 16.4. The van der Waals surface area contributed by atoms with Crippen molar-refractivity contribution in [3.8, 4) is 5.75 Å². The van der Waals surface area contributed by atoms with Gasteiger partial charge in [0, 0.05) is 24.4 Å². The Kier molecular flexibility index (Phi) is 6.79. The van der Waals surface area contributed by atoms with E-state index in [1.807, 2.05) is 54.9 Å². The number of carbonyl (C=O) groups is 1. The highest BCUT2D eigenvalue weighted by molar-refractivity contribution is 7.07. The number of anilines is 1. The van der Waals surface area contributed by atoms with Crippen molar-refractivity contribution in [3.05, 3.63) is 96.7 Å². The minimum absolute atomic E-state index is 0.157. The Hall–Kier alpha value is -3.91. The highest BCUT2D eigenvalue weighted by atomic mass is 32.1. The maximum atomic E-state index is 12.9. The summed E-state index contributed by atoms with van der Waals surface area (Å²) in [6, 6.07) is 17.3. The fourth-order valence-electron chi connectivity index (χ4n) is 3.70.